The number of benzene rings is 1. The highest BCUT2D eigenvalue weighted by Crippen LogP contribution is 2.29. The van der Waals surface area contributed by atoms with E-state index in [-0.39, 0.29) is 0 Å². The molecule has 1 aromatic carbocycles. The van der Waals surface area contributed by atoms with Gasteiger partial charge in [-0.15, -0.1) is 0 Å². The van der Waals surface area contributed by atoms with E-state index in [0.29, 0.717) is 5.92 Å². The van der Waals surface area contributed by atoms with Crippen LogP contribution in [0.15, 0.2) is 28.8 Å². The van der Waals surface area contributed by atoms with Gasteiger partial charge in [0.1, 0.15) is 0 Å². The minimum absolute atomic E-state index is 0.404. The lowest BCUT2D eigenvalue weighted by atomic mass is 10.00. The van der Waals surface area contributed by atoms with Crippen LogP contribution in [0.4, 0.5) is 0 Å². The number of nitrogens with zero attached hydrogens (tertiary/aromatic N) is 1. The second-order valence-corrected chi connectivity index (χ2v) is 4.54. The standard InChI is InChI=1S/C14H17NO/c1-9(2)12-8-13(16-15-12)14-10(3)6-5-7-11(14)4/h5-9H,1-4H3. The van der Waals surface area contributed by atoms with Crippen molar-refractivity contribution in [2.75, 3.05) is 0 Å². The molecule has 0 N–H and O–H groups in total. The lowest BCUT2D eigenvalue weighted by Crippen LogP contribution is -1.86. The van der Waals surface area contributed by atoms with Crippen LogP contribution in [0.3, 0.4) is 0 Å². The van der Waals surface area contributed by atoms with Crippen molar-refractivity contribution in [3.63, 3.8) is 0 Å². The number of rotatable bonds is 2. The molecule has 0 bridgehead atoms. The van der Waals surface area contributed by atoms with Gasteiger partial charge in [0.15, 0.2) is 5.76 Å². The highest BCUT2D eigenvalue weighted by Gasteiger charge is 2.12. The van der Waals surface area contributed by atoms with Crippen LogP contribution in [0.2, 0.25) is 0 Å². The SMILES string of the molecule is Cc1cccc(C)c1-c1cc(C(C)C)no1. The third kappa shape index (κ3) is 1.87. The summed E-state index contributed by atoms with van der Waals surface area (Å²) < 4.78 is 5.42. The lowest BCUT2D eigenvalue weighted by molar-refractivity contribution is 0.419. The molecule has 0 aliphatic rings. The van der Waals surface area contributed by atoms with Gasteiger partial charge in [-0.2, -0.15) is 0 Å². The maximum Gasteiger partial charge on any atom is 0.167 e. The molecule has 0 aliphatic heterocycles. The molecule has 0 radical (unpaired) electrons. The van der Waals surface area contributed by atoms with Gasteiger partial charge >= 0.3 is 0 Å². The second kappa shape index (κ2) is 4.12. The second-order valence-electron chi connectivity index (χ2n) is 4.54. The molecule has 0 saturated carbocycles. The third-order valence-electron chi connectivity index (χ3n) is 2.85. The maximum atomic E-state index is 5.42. The van der Waals surface area contributed by atoms with Crippen LogP contribution < -0.4 is 0 Å². The Bertz CT molecular complexity index is 477. The Hall–Kier alpha value is -1.57. The average Bonchev–Trinajstić information content (AvgIpc) is 2.66. The Labute approximate surface area is 96.3 Å². The molecule has 0 amide bonds. The number of aryl methyl sites for hydroxylation is 2. The molecule has 2 nitrogen and oxygen atoms in total. The fraction of sp³-hybridized carbons (Fsp3) is 0.357. The van der Waals surface area contributed by atoms with Gasteiger partial charge in [-0.3, -0.25) is 0 Å². The van der Waals surface area contributed by atoms with Crippen molar-refractivity contribution in [1.29, 1.82) is 0 Å². The molecule has 2 aromatic rings. The zero-order valence-electron chi connectivity index (χ0n) is 10.2. The number of hydrogen-bond donors (Lipinski definition) is 0. The summed E-state index contributed by atoms with van der Waals surface area (Å²) in [6, 6.07) is 8.30. The first kappa shape index (κ1) is 10.9. The van der Waals surface area contributed by atoms with Gasteiger partial charge in [0.2, 0.25) is 0 Å². The quantitative estimate of drug-likeness (QED) is 0.754. The molecule has 1 heterocycles. The Morgan fingerprint density at radius 2 is 1.75 bits per heavy atom. The van der Waals surface area contributed by atoms with Crippen LogP contribution in [-0.4, -0.2) is 5.16 Å². The molecular weight excluding hydrogens is 198 g/mol. The first-order valence-electron chi connectivity index (χ1n) is 5.63. The van der Waals surface area contributed by atoms with Gasteiger partial charge in [-0.25, -0.2) is 0 Å². The van der Waals surface area contributed by atoms with Gasteiger partial charge in [-0.1, -0.05) is 37.2 Å². The van der Waals surface area contributed by atoms with Crippen LogP contribution in [-0.2, 0) is 0 Å². The van der Waals surface area contributed by atoms with Crippen LogP contribution in [0.5, 0.6) is 0 Å². The van der Waals surface area contributed by atoms with E-state index in [0.717, 1.165) is 11.5 Å². The van der Waals surface area contributed by atoms with Crippen molar-refractivity contribution >= 4 is 0 Å². The van der Waals surface area contributed by atoms with E-state index < -0.39 is 0 Å². The number of aromatic nitrogens is 1. The van der Waals surface area contributed by atoms with Gasteiger partial charge < -0.3 is 4.52 Å². The van der Waals surface area contributed by atoms with Crippen molar-refractivity contribution in [3.05, 3.63) is 41.1 Å². The van der Waals surface area contributed by atoms with Crippen molar-refractivity contribution in [3.8, 4) is 11.3 Å². The summed E-state index contributed by atoms with van der Waals surface area (Å²) in [6.45, 7) is 8.43. The summed E-state index contributed by atoms with van der Waals surface area (Å²) >= 11 is 0. The zero-order valence-corrected chi connectivity index (χ0v) is 10.2. The molecule has 84 valence electrons. The average molecular weight is 215 g/mol. The summed E-state index contributed by atoms with van der Waals surface area (Å²) in [5.41, 5.74) is 4.64. The molecule has 0 spiro atoms. The topological polar surface area (TPSA) is 26.0 Å². The van der Waals surface area contributed by atoms with E-state index in [2.05, 4.69) is 51.1 Å². The maximum absolute atomic E-state index is 5.42. The van der Waals surface area contributed by atoms with E-state index in [1.54, 1.807) is 0 Å². The highest BCUT2D eigenvalue weighted by atomic mass is 16.5. The third-order valence-corrected chi connectivity index (χ3v) is 2.85. The van der Waals surface area contributed by atoms with E-state index in [9.17, 15) is 0 Å². The minimum atomic E-state index is 0.404. The lowest BCUT2D eigenvalue weighted by Gasteiger charge is -2.04. The van der Waals surface area contributed by atoms with Crippen LogP contribution in [0, 0.1) is 13.8 Å². The fourth-order valence-corrected chi connectivity index (χ4v) is 1.88. The van der Waals surface area contributed by atoms with Gasteiger partial charge in [0.05, 0.1) is 5.69 Å². The van der Waals surface area contributed by atoms with Crippen LogP contribution in [0.25, 0.3) is 11.3 Å². The van der Waals surface area contributed by atoms with E-state index in [1.165, 1.54) is 16.7 Å². The summed E-state index contributed by atoms with van der Waals surface area (Å²) in [7, 11) is 0. The van der Waals surface area contributed by atoms with Crippen molar-refractivity contribution in [2.24, 2.45) is 0 Å². The highest BCUT2D eigenvalue weighted by molar-refractivity contribution is 5.66. The molecule has 0 saturated heterocycles. The Balaban J connectivity index is 2.50. The summed E-state index contributed by atoms with van der Waals surface area (Å²) in [5.74, 6) is 1.28. The van der Waals surface area contributed by atoms with E-state index in [1.807, 2.05) is 6.07 Å². The summed E-state index contributed by atoms with van der Waals surface area (Å²) in [5, 5.41) is 4.10. The molecule has 1 aromatic heterocycles. The Morgan fingerprint density at radius 1 is 1.12 bits per heavy atom. The van der Waals surface area contributed by atoms with Crippen molar-refractivity contribution in [2.45, 2.75) is 33.6 Å². The largest absolute Gasteiger partial charge is 0.356 e. The number of hydrogen-bond acceptors (Lipinski definition) is 2. The first-order chi connectivity index (χ1) is 7.59. The fourth-order valence-electron chi connectivity index (χ4n) is 1.88. The molecule has 0 fully saturated rings. The van der Waals surface area contributed by atoms with Crippen molar-refractivity contribution in [1.82, 2.24) is 5.16 Å². The smallest absolute Gasteiger partial charge is 0.167 e. The molecule has 0 unspecified atom stereocenters. The summed E-state index contributed by atoms with van der Waals surface area (Å²) in [6.07, 6.45) is 0. The molecule has 2 heteroatoms. The van der Waals surface area contributed by atoms with E-state index >= 15 is 0 Å². The Morgan fingerprint density at radius 3 is 2.25 bits per heavy atom. The van der Waals surface area contributed by atoms with Crippen LogP contribution >= 0.6 is 0 Å². The summed E-state index contributed by atoms with van der Waals surface area (Å²) in [4.78, 5) is 0. The van der Waals surface area contributed by atoms with Gasteiger partial charge in [0.25, 0.3) is 0 Å². The normalized spacial score (nSPS) is 11.1. The minimum Gasteiger partial charge on any atom is -0.356 e. The molecule has 0 aliphatic carbocycles. The predicted molar refractivity (Wildman–Crippen MR) is 65.5 cm³/mol. The Kier molecular flexibility index (Phi) is 2.82. The molecule has 0 atom stereocenters. The van der Waals surface area contributed by atoms with E-state index in [4.69, 9.17) is 4.52 Å². The molecule has 2 rings (SSSR count). The first-order valence-corrected chi connectivity index (χ1v) is 5.63. The predicted octanol–water partition coefficient (Wildman–Crippen LogP) is 4.08. The van der Waals surface area contributed by atoms with Gasteiger partial charge in [0, 0.05) is 11.6 Å². The van der Waals surface area contributed by atoms with Crippen LogP contribution in [0.1, 0.15) is 36.6 Å². The monoisotopic (exact) mass is 215 g/mol. The molecular formula is C14H17NO. The van der Waals surface area contributed by atoms with Crippen molar-refractivity contribution < 1.29 is 4.52 Å². The van der Waals surface area contributed by atoms with Gasteiger partial charge in [-0.05, 0) is 30.9 Å². The zero-order chi connectivity index (χ0) is 11.7. The molecule has 16 heavy (non-hydrogen) atoms.